The lowest BCUT2D eigenvalue weighted by molar-refractivity contribution is 0.0803. The van der Waals surface area contributed by atoms with E-state index in [0.29, 0.717) is 18.6 Å². The Morgan fingerprint density at radius 2 is 1.41 bits per heavy atom. The van der Waals surface area contributed by atoms with Gasteiger partial charge in [0.15, 0.2) is 0 Å². The summed E-state index contributed by atoms with van der Waals surface area (Å²) in [7, 11) is 4.00. The zero-order valence-corrected chi connectivity index (χ0v) is 21.9. The highest BCUT2D eigenvalue weighted by Crippen LogP contribution is 2.35. The molecule has 1 unspecified atom stereocenters. The number of halogens is 2. The topological polar surface area (TPSA) is 24.9 Å². The van der Waals surface area contributed by atoms with E-state index in [1.54, 1.807) is 7.11 Å². The van der Waals surface area contributed by atoms with Crippen molar-refractivity contribution in [1.82, 2.24) is 9.80 Å². The summed E-state index contributed by atoms with van der Waals surface area (Å²) in [5.74, 6) is 2.13. The van der Waals surface area contributed by atoms with E-state index in [9.17, 15) is 0 Å². The molecule has 0 aromatic heterocycles. The monoisotopic (exact) mass is 502 g/mol. The van der Waals surface area contributed by atoms with Crippen LogP contribution in [0.15, 0.2) is 78.9 Å². The number of hydrogen-bond acceptors (Lipinski definition) is 4. The van der Waals surface area contributed by atoms with Gasteiger partial charge >= 0.3 is 0 Å². The molecule has 1 atom stereocenters. The van der Waals surface area contributed by atoms with Gasteiger partial charge in [0.1, 0.15) is 11.5 Å². The lowest BCUT2D eigenvalue weighted by atomic mass is 9.83. The number of likely N-dealkylation sites (N-methyl/N-ethyl adjacent to an activating group) is 1. The van der Waals surface area contributed by atoms with Crippen LogP contribution in [-0.4, -0.2) is 56.2 Å². The summed E-state index contributed by atoms with van der Waals surface area (Å²) in [5, 5.41) is 0. The van der Waals surface area contributed by atoms with E-state index in [0.717, 1.165) is 43.2 Å². The van der Waals surface area contributed by atoms with Crippen molar-refractivity contribution in [3.05, 3.63) is 95.6 Å². The number of ether oxygens (including phenoxy) is 2. The molecule has 6 heteroatoms. The van der Waals surface area contributed by atoms with E-state index >= 15 is 0 Å². The van der Waals surface area contributed by atoms with Gasteiger partial charge < -0.3 is 9.47 Å². The molecule has 1 aliphatic rings. The lowest BCUT2D eigenvalue weighted by Gasteiger charge is -2.43. The molecule has 0 spiro atoms. The van der Waals surface area contributed by atoms with Gasteiger partial charge in [-0.3, -0.25) is 9.80 Å². The van der Waals surface area contributed by atoms with E-state index in [-0.39, 0.29) is 24.8 Å². The fourth-order valence-corrected chi connectivity index (χ4v) is 4.83. The Morgan fingerprint density at radius 3 is 1.97 bits per heavy atom. The smallest absolute Gasteiger partial charge is 0.127 e. The van der Waals surface area contributed by atoms with Crippen molar-refractivity contribution in [2.45, 2.75) is 25.4 Å². The first-order chi connectivity index (χ1) is 15.7. The second-order valence-electron chi connectivity index (χ2n) is 8.45. The second kappa shape index (κ2) is 13.6. The molecule has 34 heavy (non-hydrogen) atoms. The predicted octanol–water partition coefficient (Wildman–Crippen LogP) is 5.89. The highest BCUT2D eigenvalue weighted by Gasteiger charge is 2.33. The van der Waals surface area contributed by atoms with Gasteiger partial charge in [0.25, 0.3) is 0 Å². The zero-order chi connectivity index (χ0) is 22.3. The molecule has 3 aromatic carbocycles. The molecule has 0 aliphatic carbocycles. The molecular weight excluding hydrogens is 467 g/mol. The first-order valence-corrected chi connectivity index (χ1v) is 11.5. The highest BCUT2D eigenvalue weighted by molar-refractivity contribution is 5.85. The van der Waals surface area contributed by atoms with Crippen LogP contribution in [0.2, 0.25) is 0 Å². The van der Waals surface area contributed by atoms with Crippen molar-refractivity contribution in [3.8, 4) is 11.5 Å². The minimum Gasteiger partial charge on any atom is -0.496 e. The summed E-state index contributed by atoms with van der Waals surface area (Å²) in [6.45, 7) is 6.52. The summed E-state index contributed by atoms with van der Waals surface area (Å²) < 4.78 is 11.6. The zero-order valence-electron chi connectivity index (χ0n) is 20.2. The fourth-order valence-electron chi connectivity index (χ4n) is 4.83. The number of hydrogen-bond donors (Lipinski definition) is 0. The first-order valence-electron chi connectivity index (χ1n) is 11.5. The largest absolute Gasteiger partial charge is 0.496 e. The maximum atomic E-state index is 5.94. The molecule has 0 bridgehead atoms. The summed E-state index contributed by atoms with van der Waals surface area (Å²) in [4.78, 5) is 5.07. The highest BCUT2D eigenvalue weighted by atomic mass is 35.5. The molecule has 0 saturated carbocycles. The van der Waals surface area contributed by atoms with Crippen molar-refractivity contribution in [3.63, 3.8) is 0 Å². The fraction of sp³-hybridized carbons (Fsp3) is 0.357. The Hall–Kier alpha value is -2.24. The Kier molecular flexibility index (Phi) is 11.2. The van der Waals surface area contributed by atoms with Crippen LogP contribution in [0.3, 0.4) is 0 Å². The molecule has 1 saturated heterocycles. The van der Waals surface area contributed by atoms with Crippen molar-refractivity contribution in [2.75, 3.05) is 40.4 Å². The Morgan fingerprint density at radius 1 is 0.824 bits per heavy atom. The van der Waals surface area contributed by atoms with Gasteiger partial charge in [-0.25, -0.2) is 0 Å². The summed E-state index contributed by atoms with van der Waals surface area (Å²) in [6, 6.07) is 28.3. The predicted molar refractivity (Wildman–Crippen MR) is 145 cm³/mol. The molecule has 184 valence electrons. The summed E-state index contributed by atoms with van der Waals surface area (Å²) in [6.07, 6.45) is 0. The van der Waals surface area contributed by atoms with Gasteiger partial charge in [-0.05, 0) is 37.2 Å². The number of rotatable bonds is 8. The van der Waals surface area contributed by atoms with Gasteiger partial charge in [-0.1, -0.05) is 66.7 Å². The van der Waals surface area contributed by atoms with Crippen LogP contribution in [0.25, 0.3) is 0 Å². The lowest BCUT2D eigenvalue weighted by Crippen LogP contribution is -2.53. The molecule has 1 heterocycles. The Bertz CT molecular complexity index is 949. The molecule has 0 amide bonds. The van der Waals surface area contributed by atoms with Gasteiger partial charge in [0.2, 0.25) is 0 Å². The van der Waals surface area contributed by atoms with Crippen LogP contribution in [0.5, 0.6) is 11.5 Å². The van der Waals surface area contributed by atoms with Crippen LogP contribution >= 0.6 is 24.8 Å². The molecule has 0 radical (unpaired) electrons. The Balaban J connectivity index is 0.00000204. The van der Waals surface area contributed by atoms with Crippen molar-refractivity contribution in [2.24, 2.45) is 0 Å². The number of nitrogens with zero attached hydrogens (tertiary/aromatic N) is 2. The summed E-state index contributed by atoms with van der Waals surface area (Å²) >= 11 is 0. The van der Waals surface area contributed by atoms with Crippen LogP contribution in [0.1, 0.15) is 29.5 Å². The van der Waals surface area contributed by atoms with Gasteiger partial charge in [0.05, 0.1) is 19.3 Å². The number of methoxy groups -OCH3 is 1. The molecule has 4 nitrogen and oxygen atoms in total. The van der Waals surface area contributed by atoms with Crippen LogP contribution < -0.4 is 9.47 Å². The third-order valence-corrected chi connectivity index (χ3v) is 6.47. The normalized spacial score (nSPS) is 16.4. The number of benzene rings is 3. The molecule has 4 rings (SSSR count). The van der Waals surface area contributed by atoms with Crippen molar-refractivity contribution in [1.29, 1.82) is 0 Å². The van der Waals surface area contributed by atoms with Crippen LogP contribution in [0.4, 0.5) is 0 Å². The SMILES string of the molecule is CCOc1cccc(OC)c1CN1CCN(C)C(C(c2ccccc2)c2ccccc2)C1.Cl.Cl. The van der Waals surface area contributed by atoms with Gasteiger partial charge in [-0.2, -0.15) is 0 Å². The van der Waals surface area contributed by atoms with E-state index in [1.165, 1.54) is 11.1 Å². The summed E-state index contributed by atoms with van der Waals surface area (Å²) in [5.41, 5.74) is 3.87. The van der Waals surface area contributed by atoms with Gasteiger partial charge in [-0.15, -0.1) is 24.8 Å². The average Bonchev–Trinajstić information content (AvgIpc) is 2.84. The van der Waals surface area contributed by atoms with Crippen molar-refractivity contribution >= 4 is 24.8 Å². The van der Waals surface area contributed by atoms with E-state index < -0.39 is 0 Å². The molecule has 1 fully saturated rings. The average molecular weight is 504 g/mol. The molecule has 0 N–H and O–H groups in total. The van der Waals surface area contributed by atoms with E-state index in [4.69, 9.17) is 9.47 Å². The maximum Gasteiger partial charge on any atom is 0.127 e. The van der Waals surface area contributed by atoms with E-state index in [2.05, 4.69) is 77.5 Å². The van der Waals surface area contributed by atoms with Crippen LogP contribution in [-0.2, 0) is 6.54 Å². The standard InChI is InChI=1S/C28H34N2O2.2ClH/c1-4-32-27-17-11-16-26(31-3)24(27)20-30-19-18-29(2)25(21-30)28(22-12-7-5-8-13-22)23-14-9-6-10-15-23;;/h5-17,25,28H,4,18-21H2,1-3H3;2*1H. The van der Waals surface area contributed by atoms with Crippen molar-refractivity contribution < 1.29 is 9.47 Å². The first kappa shape index (κ1) is 28.0. The molecule has 3 aromatic rings. The third-order valence-electron chi connectivity index (χ3n) is 6.47. The minimum absolute atomic E-state index is 0. The maximum absolute atomic E-state index is 5.94. The molecule has 1 aliphatic heterocycles. The molecular formula is C28H36Cl2N2O2. The number of piperazine rings is 1. The van der Waals surface area contributed by atoms with E-state index in [1.807, 2.05) is 25.1 Å². The van der Waals surface area contributed by atoms with Gasteiger partial charge in [0, 0.05) is 38.1 Å². The quantitative estimate of drug-likeness (QED) is 0.383. The Labute approximate surface area is 216 Å². The second-order valence-corrected chi connectivity index (χ2v) is 8.45. The minimum atomic E-state index is 0. The third kappa shape index (κ3) is 6.45. The van der Waals surface area contributed by atoms with Crippen LogP contribution in [0, 0.1) is 0 Å².